The quantitative estimate of drug-likeness (QED) is 0.234. The lowest BCUT2D eigenvalue weighted by Gasteiger charge is -2.38. The van der Waals surface area contributed by atoms with Crippen LogP contribution >= 0.6 is 31.9 Å². The maximum Gasteiger partial charge on any atom is 0.0333 e. The topological polar surface area (TPSA) is 0 Å². The van der Waals surface area contributed by atoms with Crippen molar-refractivity contribution in [3.63, 3.8) is 0 Å². The molecule has 0 aliphatic heterocycles. The van der Waals surface area contributed by atoms with Gasteiger partial charge in [-0.3, -0.25) is 0 Å². The zero-order valence-corrected chi connectivity index (χ0v) is 22.9. The molecule has 0 atom stereocenters. The molecule has 8 aliphatic carbocycles. The monoisotopic (exact) mass is 574 g/mol. The van der Waals surface area contributed by atoms with Crippen molar-refractivity contribution in [1.29, 1.82) is 0 Å². The van der Waals surface area contributed by atoms with Crippen LogP contribution in [0.2, 0.25) is 0 Å². The molecule has 0 radical (unpaired) electrons. The van der Waals surface area contributed by atoms with Crippen molar-refractivity contribution in [2.75, 3.05) is 0 Å². The second-order valence-corrected chi connectivity index (χ2v) is 14.9. The molecule has 8 bridgehead atoms. The molecule has 4 saturated carbocycles. The molecule has 0 nitrogen and oxygen atoms in total. The van der Waals surface area contributed by atoms with E-state index in [0.717, 1.165) is 47.3 Å². The zero-order valence-electron chi connectivity index (χ0n) is 19.8. The molecule has 34 heavy (non-hydrogen) atoms. The third-order valence-corrected chi connectivity index (χ3v) is 13.1. The third kappa shape index (κ3) is 2.66. The van der Waals surface area contributed by atoms with Crippen LogP contribution in [0.1, 0.15) is 110 Å². The van der Waals surface area contributed by atoms with Crippen molar-refractivity contribution in [3.8, 4) is 0 Å². The lowest BCUT2D eigenvalue weighted by molar-refractivity contribution is 0.165. The van der Waals surface area contributed by atoms with Crippen molar-refractivity contribution < 1.29 is 0 Å². The van der Waals surface area contributed by atoms with E-state index in [4.69, 9.17) is 0 Å². The van der Waals surface area contributed by atoms with Gasteiger partial charge in [-0.1, -0.05) is 0 Å². The molecule has 0 saturated heterocycles. The number of hydrogen-bond acceptors (Lipinski definition) is 0. The van der Waals surface area contributed by atoms with Crippen molar-refractivity contribution in [2.24, 2.45) is 23.7 Å². The lowest BCUT2D eigenvalue weighted by Crippen LogP contribution is -2.25. The molecule has 0 spiro atoms. The number of benzene rings is 3. The van der Waals surface area contributed by atoms with E-state index in [1.807, 2.05) is 0 Å². The summed E-state index contributed by atoms with van der Waals surface area (Å²) in [5.74, 6) is 7.11. The maximum atomic E-state index is 4.18. The molecule has 4 fully saturated rings. The van der Waals surface area contributed by atoms with Crippen LogP contribution in [0.4, 0.5) is 0 Å². The summed E-state index contributed by atoms with van der Waals surface area (Å²) in [4.78, 5) is 0. The Morgan fingerprint density at radius 3 is 0.853 bits per heavy atom. The predicted octanol–water partition coefficient (Wildman–Crippen LogP) is 10.3. The minimum atomic E-state index is 0.801. The minimum Gasteiger partial charge on any atom is -0.0495 e. The van der Waals surface area contributed by atoms with E-state index in [2.05, 4.69) is 56.1 Å². The minimum absolute atomic E-state index is 0.801. The highest BCUT2D eigenvalue weighted by molar-refractivity contribution is 9.11. The highest BCUT2D eigenvalue weighted by Gasteiger charge is 2.44. The van der Waals surface area contributed by atoms with Crippen LogP contribution in [0, 0.1) is 23.7 Å². The summed E-state index contributed by atoms with van der Waals surface area (Å²) >= 11 is 8.35. The number of halogens is 2. The van der Waals surface area contributed by atoms with Gasteiger partial charge in [-0.15, -0.1) is 0 Å². The van der Waals surface area contributed by atoms with Crippen molar-refractivity contribution in [3.05, 3.63) is 55.5 Å². The molecule has 0 aromatic heterocycles. The summed E-state index contributed by atoms with van der Waals surface area (Å²) in [6.45, 7) is 0. The largest absolute Gasteiger partial charge is 0.0495 e. The van der Waals surface area contributed by atoms with E-state index >= 15 is 0 Å². The predicted molar refractivity (Wildman–Crippen MR) is 148 cm³/mol. The molecule has 0 N–H and O–H groups in total. The molecule has 11 rings (SSSR count). The molecule has 3 aromatic carbocycles. The van der Waals surface area contributed by atoms with Gasteiger partial charge in [0, 0.05) is 8.95 Å². The Labute approximate surface area is 219 Å². The Kier molecular flexibility index (Phi) is 4.11. The van der Waals surface area contributed by atoms with Gasteiger partial charge < -0.3 is 0 Å². The molecule has 174 valence electrons. The van der Waals surface area contributed by atoms with Gasteiger partial charge in [0.25, 0.3) is 0 Å². The van der Waals surface area contributed by atoms with Crippen molar-refractivity contribution in [1.82, 2.24) is 0 Å². The molecule has 8 aliphatic rings. The van der Waals surface area contributed by atoms with E-state index in [1.54, 1.807) is 22.3 Å². The Morgan fingerprint density at radius 2 is 0.618 bits per heavy atom. The summed E-state index contributed by atoms with van der Waals surface area (Å²) in [5.41, 5.74) is 6.83. The molecule has 3 aromatic rings. The highest BCUT2D eigenvalue weighted by atomic mass is 79.9. The van der Waals surface area contributed by atoms with Crippen molar-refractivity contribution >= 4 is 53.4 Å². The Hall–Kier alpha value is -0.860. The Balaban J connectivity index is 1.31. The second kappa shape index (κ2) is 6.91. The summed E-state index contributed by atoms with van der Waals surface area (Å²) < 4.78 is 2.69. The van der Waals surface area contributed by atoms with Gasteiger partial charge in [-0.05, 0) is 211 Å². The van der Waals surface area contributed by atoms with Crippen molar-refractivity contribution in [2.45, 2.75) is 87.9 Å². The van der Waals surface area contributed by atoms with E-state index in [-0.39, 0.29) is 0 Å². The molecule has 0 amide bonds. The zero-order chi connectivity index (χ0) is 22.3. The number of fused-ring (bicyclic) bond motifs is 2. The summed E-state index contributed by atoms with van der Waals surface area (Å²) in [6.07, 6.45) is 14.5. The van der Waals surface area contributed by atoms with Gasteiger partial charge in [-0.2, -0.15) is 0 Å². The fourth-order valence-corrected chi connectivity index (χ4v) is 11.7. The first-order valence-electron chi connectivity index (χ1n) is 14.0. The van der Waals surface area contributed by atoms with Gasteiger partial charge in [0.15, 0.2) is 0 Å². The van der Waals surface area contributed by atoms with E-state index in [9.17, 15) is 0 Å². The Morgan fingerprint density at radius 1 is 0.382 bits per heavy atom. The first kappa shape index (κ1) is 20.2. The molecule has 0 heterocycles. The fourth-order valence-electron chi connectivity index (χ4n) is 10.4. The van der Waals surface area contributed by atoms with Gasteiger partial charge >= 0.3 is 0 Å². The average molecular weight is 576 g/mol. The van der Waals surface area contributed by atoms with E-state index in [0.29, 0.717) is 0 Å². The summed E-state index contributed by atoms with van der Waals surface area (Å²) in [7, 11) is 0. The fraction of sp³-hybridized carbons (Fsp3) is 0.562. The molecule has 2 heteroatoms. The van der Waals surface area contributed by atoms with Crippen LogP contribution in [-0.4, -0.2) is 0 Å². The smallest absolute Gasteiger partial charge is 0.0333 e. The summed E-state index contributed by atoms with van der Waals surface area (Å²) in [5, 5.41) is 5.77. The van der Waals surface area contributed by atoms with Crippen LogP contribution < -0.4 is 0 Å². The maximum absolute atomic E-state index is 4.18. The molecular formula is C32H32Br2. The molecule has 0 unspecified atom stereocenters. The second-order valence-electron chi connectivity index (χ2n) is 13.3. The third-order valence-electron chi connectivity index (χ3n) is 11.4. The SMILES string of the molecule is Brc1c2cc3c(cc2c(Br)c2cc4c(cc12)C1CC2CC(C1)CC4C2)C1CC2CC(CC3C2)C1. The normalized spacial score (nSPS) is 38.9. The van der Waals surface area contributed by atoms with E-state index in [1.165, 1.54) is 94.7 Å². The number of rotatable bonds is 0. The number of hydrogen-bond donors (Lipinski definition) is 0. The van der Waals surface area contributed by atoms with Crippen LogP contribution in [0.3, 0.4) is 0 Å². The van der Waals surface area contributed by atoms with Gasteiger partial charge in [0.1, 0.15) is 0 Å². The van der Waals surface area contributed by atoms with Gasteiger partial charge in [-0.25, -0.2) is 0 Å². The standard InChI is InChI=1S/C32H32Br2/c33-31-27-11-23-19-3-15-1-16(5-19)6-20(4-15)24(23)12-28(27)32(34)30-14-26-22-9-17-2-18(10-22)8-21(7-17)25(26)13-29(30)31/h11-22H,1-10H2. The molecular weight excluding hydrogens is 544 g/mol. The first-order valence-corrected chi connectivity index (χ1v) is 15.6. The van der Waals surface area contributed by atoms with Crippen LogP contribution in [0.15, 0.2) is 33.2 Å². The van der Waals surface area contributed by atoms with Gasteiger partial charge in [0.2, 0.25) is 0 Å². The van der Waals surface area contributed by atoms with E-state index < -0.39 is 0 Å². The van der Waals surface area contributed by atoms with Crippen LogP contribution in [0.25, 0.3) is 21.5 Å². The average Bonchev–Trinajstić information content (AvgIpc) is 3.10. The summed E-state index contributed by atoms with van der Waals surface area (Å²) in [6, 6.07) is 10.5. The highest BCUT2D eigenvalue weighted by Crippen LogP contribution is 2.59. The van der Waals surface area contributed by atoms with Gasteiger partial charge in [0.05, 0.1) is 0 Å². The Bertz CT molecular complexity index is 1170. The van der Waals surface area contributed by atoms with Crippen LogP contribution in [-0.2, 0) is 0 Å². The lowest BCUT2D eigenvalue weighted by atomic mass is 9.67. The first-order chi connectivity index (χ1) is 16.6. The van der Waals surface area contributed by atoms with Crippen LogP contribution in [0.5, 0.6) is 0 Å².